The Hall–Kier alpha value is -2.53. The van der Waals surface area contributed by atoms with Crippen molar-refractivity contribution in [2.24, 2.45) is 5.10 Å². The van der Waals surface area contributed by atoms with Crippen molar-refractivity contribution in [1.82, 2.24) is 10.2 Å². The molecule has 0 bridgehead atoms. The van der Waals surface area contributed by atoms with Crippen molar-refractivity contribution >= 4 is 23.2 Å². The standard InChI is InChI=1S/C12H13ClN6O2/c13-10-2-4-11(5-3-10)18-8-15-12(16-19(20)21)17(9-18)7-1-6-14/h2-5H,1,7-9H2,(H,15,16). The summed E-state index contributed by atoms with van der Waals surface area (Å²) in [6, 6.07) is 9.30. The van der Waals surface area contributed by atoms with Crippen LogP contribution in [0.3, 0.4) is 0 Å². The van der Waals surface area contributed by atoms with Crippen molar-refractivity contribution in [2.45, 2.75) is 6.42 Å². The lowest BCUT2D eigenvalue weighted by molar-refractivity contribution is -0.486. The lowest BCUT2D eigenvalue weighted by Crippen LogP contribution is -2.57. The van der Waals surface area contributed by atoms with E-state index in [1.807, 2.05) is 23.1 Å². The molecule has 1 aliphatic heterocycles. The zero-order valence-corrected chi connectivity index (χ0v) is 11.8. The monoisotopic (exact) mass is 308 g/mol. The molecule has 1 fully saturated rings. The van der Waals surface area contributed by atoms with E-state index in [9.17, 15) is 10.1 Å². The first kappa shape index (κ1) is 14.9. The van der Waals surface area contributed by atoms with Crippen LogP contribution < -0.4 is 10.2 Å². The summed E-state index contributed by atoms with van der Waals surface area (Å²) in [5, 5.41) is 25.3. The van der Waals surface area contributed by atoms with Crippen molar-refractivity contribution in [1.29, 1.82) is 5.26 Å². The molecule has 1 aliphatic rings. The molecule has 1 saturated heterocycles. The van der Waals surface area contributed by atoms with Gasteiger partial charge >= 0.3 is 0 Å². The fourth-order valence-electron chi connectivity index (χ4n) is 1.96. The molecule has 0 atom stereocenters. The van der Waals surface area contributed by atoms with Crippen LogP contribution in [0.15, 0.2) is 29.4 Å². The Kier molecular flexibility index (Phi) is 4.79. The number of nitrogens with one attached hydrogen (secondary N) is 1. The lowest BCUT2D eigenvalue weighted by atomic mass is 10.3. The van der Waals surface area contributed by atoms with Gasteiger partial charge < -0.3 is 15.1 Å². The number of nitro groups is 1. The molecular formula is C12H13ClN6O2. The van der Waals surface area contributed by atoms with Crippen LogP contribution in [-0.4, -0.2) is 35.8 Å². The zero-order chi connectivity index (χ0) is 15.2. The minimum Gasteiger partial charge on any atom is -0.336 e. The normalized spacial score (nSPS) is 16.5. The first-order valence-corrected chi connectivity index (χ1v) is 6.57. The summed E-state index contributed by atoms with van der Waals surface area (Å²) < 4.78 is 0. The Labute approximate surface area is 126 Å². The average Bonchev–Trinajstić information content (AvgIpc) is 2.46. The molecule has 1 N–H and O–H groups in total. The summed E-state index contributed by atoms with van der Waals surface area (Å²) in [7, 11) is 0. The second kappa shape index (κ2) is 6.76. The van der Waals surface area contributed by atoms with Crippen molar-refractivity contribution in [3.05, 3.63) is 39.4 Å². The van der Waals surface area contributed by atoms with E-state index in [1.165, 1.54) is 0 Å². The average molecular weight is 309 g/mol. The van der Waals surface area contributed by atoms with E-state index in [4.69, 9.17) is 16.9 Å². The van der Waals surface area contributed by atoms with E-state index >= 15 is 0 Å². The fraction of sp³-hybridized carbons (Fsp3) is 0.333. The molecule has 21 heavy (non-hydrogen) atoms. The van der Waals surface area contributed by atoms with Crippen molar-refractivity contribution in [2.75, 3.05) is 24.8 Å². The maximum absolute atomic E-state index is 10.5. The SMILES string of the molecule is N#CCCN1CN(c2ccc(Cl)cc2)CN/C1=N\[N+](=O)[O-]. The predicted molar refractivity (Wildman–Crippen MR) is 78.2 cm³/mol. The molecule has 0 amide bonds. The molecule has 2 rings (SSSR count). The van der Waals surface area contributed by atoms with Gasteiger partial charge in [0.05, 0.1) is 25.8 Å². The Balaban J connectivity index is 2.14. The van der Waals surface area contributed by atoms with Crippen LogP contribution in [0.5, 0.6) is 0 Å². The van der Waals surface area contributed by atoms with Gasteiger partial charge in [-0.3, -0.25) is 0 Å². The Morgan fingerprint density at radius 2 is 2.19 bits per heavy atom. The maximum Gasteiger partial charge on any atom is 0.274 e. The van der Waals surface area contributed by atoms with E-state index in [0.29, 0.717) is 24.9 Å². The van der Waals surface area contributed by atoms with Gasteiger partial charge in [0.2, 0.25) is 0 Å². The van der Waals surface area contributed by atoms with Gasteiger partial charge in [0.1, 0.15) is 5.10 Å². The van der Waals surface area contributed by atoms with Crippen LogP contribution in [0.4, 0.5) is 5.69 Å². The van der Waals surface area contributed by atoms with E-state index in [2.05, 4.69) is 10.4 Å². The lowest BCUT2D eigenvalue weighted by Gasteiger charge is -2.38. The summed E-state index contributed by atoms with van der Waals surface area (Å²) in [5.74, 6) is 0.167. The molecule has 9 heteroatoms. The Morgan fingerprint density at radius 1 is 1.48 bits per heavy atom. The van der Waals surface area contributed by atoms with Crippen molar-refractivity contribution in [3.8, 4) is 6.07 Å². The third-order valence-electron chi connectivity index (χ3n) is 2.93. The molecular weight excluding hydrogens is 296 g/mol. The number of nitrogens with zero attached hydrogens (tertiary/aromatic N) is 5. The number of hydrogen-bond acceptors (Lipinski definition) is 4. The Bertz CT molecular complexity index is 582. The van der Waals surface area contributed by atoms with Gasteiger partial charge in [-0.15, -0.1) is 0 Å². The van der Waals surface area contributed by atoms with Gasteiger partial charge in [0.15, 0.2) is 5.03 Å². The quantitative estimate of drug-likeness (QED) is 0.667. The molecule has 0 unspecified atom stereocenters. The number of hydrogen-bond donors (Lipinski definition) is 1. The molecule has 1 aromatic rings. The number of benzene rings is 1. The maximum atomic E-state index is 10.5. The molecule has 0 aromatic heterocycles. The van der Waals surface area contributed by atoms with Crippen LogP contribution in [-0.2, 0) is 0 Å². The van der Waals surface area contributed by atoms with Crippen molar-refractivity contribution < 1.29 is 5.03 Å². The number of anilines is 1. The summed E-state index contributed by atoms with van der Waals surface area (Å²) >= 11 is 5.85. The van der Waals surface area contributed by atoms with Gasteiger partial charge in [-0.05, 0) is 24.3 Å². The summed E-state index contributed by atoms with van der Waals surface area (Å²) in [4.78, 5) is 14.2. The Morgan fingerprint density at radius 3 is 2.81 bits per heavy atom. The first-order valence-electron chi connectivity index (χ1n) is 6.19. The molecule has 0 aliphatic carbocycles. The van der Waals surface area contributed by atoms with Gasteiger partial charge in [0.25, 0.3) is 5.96 Å². The van der Waals surface area contributed by atoms with Crippen LogP contribution in [0.1, 0.15) is 6.42 Å². The number of hydrazone groups is 1. The highest BCUT2D eigenvalue weighted by molar-refractivity contribution is 6.30. The molecule has 8 nitrogen and oxygen atoms in total. The second-order valence-electron chi connectivity index (χ2n) is 4.33. The largest absolute Gasteiger partial charge is 0.336 e. The van der Waals surface area contributed by atoms with Gasteiger partial charge in [-0.1, -0.05) is 11.6 Å². The summed E-state index contributed by atoms with van der Waals surface area (Å²) in [6.45, 7) is 1.15. The smallest absolute Gasteiger partial charge is 0.274 e. The van der Waals surface area contributed by atoms with E-state index in [-0.39, 0.29) is 12.4 Å². The number of halogens is 1. The van der Waals surface area contributed by atoms with Gasteiger partial charge in [0, 0.05) is 17.3 Å². The van der Waals surface area contributed by atoms with Crippen LogP contribution in [0.2, 0.25) is 5.02 Å². The number of nitriles is 1. The van der Waals surface area contributed by atoms with Gasteiger partial charge in [-0.2, -0.15) is 5.26 Å². The summed E-state index contributed by atoms with van der Waals surface area (Å²) in [5.41, 5.74) is 0.925. The van der Waals surface area contributed by atoms with Crippen LogP contribution in [0.25, 0.3) is 0 Å². The van der Waals surface area contributed by atoms with E-state index in [1.54, 1.807) is 17.0 Å². The second-order valence-corrected chi connectivity index (χ2v) is 4.76. The molecule has 0 spiro atoms. The van der Waals surface area contributed by atoms with E-state index in [0.717, 1.165) is 5.69 Å². The number of rotatable bonds is 4. The minimum absolute atomic E-state index is 0.167. The minimum atomic E-state index is -0.750. The van der Waals surface area contributed by atoms with E-state index < -0.39 is 5.03 Å². The zero-order valence-electron chi connectivity index (χ0n) is 11.1. The first-order chi connectivity index (χ1) is 10.1. The van der Waals surface area contributed by atoms with Crippen molar-refractivity contribution in [3.63, 3.8) is 0 Å². The predicted octanol–water partition coefficient (Wildman–Crippen LogP) is 1.43. The van der Waals surface area contributed by atoms with Crippen LogP contribution >= 0.6 is 11.6 Å². The highest BCUT2D eigenvalue weighted by Gasteiger charge is 2.24. The molecule has 0 radical (unpaired) electrons. The molecule has 1 aromatic carbocycles. The highest BCUT2D eigenvalue weighted by Crippen LogP contribution is 2.19. The third kappa shape index (κ3) is 3.97. The third-order valence-corrected chi connectivity index (χ3v) is 3.18. The fourth-order valence-corrected chi connectivity index (χ4v) is 2.09. The molecule has 1 heterocycles. The molecule has 0 saturated carbocycles. The van der Waals surface area contributed by atoms with Gasteiger partial charge in [-0.25, -0.2) is 10.1 Å². The highest BCUT2D eigenvalue weighted by atomic mass is 35.5. The molecule has 110 valence electrons. The summed E-state index contributed by atoms with van der Waals surface area (Å²) in [6.07, 6.45) is 0.257. The van der Waals surface area contributed by atoms with Crippen LogP contribution in [0, 0.1) is 21.4 Å². The topological polar surface area (TPSA) is 97.8 Å². The number of guanidine groups is 1.